The highest BCUT2D eigenvalue weighted by Crippen LogP contribution is 2.36. The molecule has 0 radical (unpaired) electrons. The van der Waals surface area contributed by atoms with E-state index in [-0.39, 0.29) is 5.82 Å². The van der Waals surface area contributed by atoms with Crippen molar-refractivity contribution in [2.24, 2.45) is 0 Å². The lowest BCUT2D eigenvalue weighted by Crippen LogP contribution is -2.55. The number of halogens is 1. The second kappa shape index (κ2) is 7.31. The van der Waals surface area contributed by atoms with E-state index in [0.717, 1.165) is 49.9 Å². The maximum atomic E-state index is 13.0. The Morgan fingerprint density at radius 2 is 1.60 bits per heavy atom. The number of hydrogen-bond acceptors (Lipinski definition) is 4. The highest BCUT2D eigenvalue weighted by Gasteiger charge is 2.40. The zero-order chi connectivity index (χ0) is 17.4. The van der Waals surface area contributed by atoms with Crippen LogP contribution in [0, 0.1) is 5.82 Å². The SMILES string of the molecule is CN1C2CCC1CC(N1CCN(CC(O)c3ccc(F)cc3)CC1)C2. The van der Waals surface area contributed by atoms with Crippen LogP contribution in [0.4, 0.5) is 4.39 Å². The van der Waals surface area contributed by atoms with Crippen LogP contribution in [0.3, 0.4) is 0 Å². The van der Waals surface area contributed by atoms with Crippen molar-refractivity contribution in [1.29, 1.82) is 0 Å². The zero-order valence-corrected chi connectivity index (χ0v) is 15.1. The molecule has 0 spiro atoms. The van der Waals surface area contributed by atoms with E-state index < -0.39 is 6.10 Å². The van der Waals surface area contributed by atoms with Gasteiger partial charge in [0, 0.05) is 50.8 Å². The number of piperidine rings is 1. The maximum Gasteiger partial charge on any atom is 0.123 e. The van der Waals surface area contributed by atoms with Crippen LogP contribution in [0.5, 0.6) is 0 Å². The van der Waals surface area contributed by atoms with Crippen molar-refractivity contribution in [2.45, 2.75) is 49.9 Å². The molecule has 0 aliphatic carbocycles. The van der Waals surface area contributed by atoms with Gasteiger partial charge in [0.25, 0.3) is 0 Å². The van der Waals surface area contributed by atoms with Gasteiger partial charge in [0.15, 0.2) is 0 Å². The molecule has 2 bridgehead atoms. The summed E-state index contributed by atoms with van der Waals surface area (Å²) in [5.74, 6) is -0.253. The van der Waals surface area contributed by atoms with Crippen LogP contribution in [0.1, 0.15) is 37.4 Å². The van der Waals surface area contributed by atoms with Crippen LogP contribution in [-0.4, -0.2) is 77.7 Å². The molecule has 0 saturated carbocycles. The lowest BCUT2D eigenvalue weighted by atomic mass is 9.96. The standard InChI is InChI=1S/C20H30FN3O/c1-22-17-6-7-18(22)13-19(12-17)24-10-8-23(9-11-24)14-20(25)15-2-4-16(21)5-3-15/h2-5,17-20,25H,6-14H2,1H3. The first-order valence-corrected chi connectivity index (χ1v) is 9.72. The molecule has 3 saturated heterocycles. The predicted octanol–water partition coefficient (Wildman–Crippen LogP) is 2.10. The summed E-state index contributed by atoms with van der Waals surface area (Å²) in [5, 5.41) is 10.4. The molecule has 4 rings (SSSR count). The van der Waals surface area contributed by atoms with Gasteiger partial charge in [-0.05, 0) is 50.4 Å². The van der Waals surface area contributed by atoms with E-state index in [1.54, 1.807) is 12.1 Å². The van der Waals surface area contributed by atoms with Gasteiger partial charge in [0.1, 0.15) is 5.82 Å². The predicted molar refractivity (Wildman–Crippen MR) is 97.0 cm³/mol. The number of nitrogens with zero attached hydrogens (tertiary/aromatic N) is 3. The minimum atomic E-state index is -0.536. The van der Waals surface area contributed by atoms with Crippen molar-refractivity contribution in [3.8, 4) is 0 Å². The first-order chi connectivity index (χ1) is 12.1. The Bertz CT molecular complexity index is 559. The number of aliphatic hydroxyl groups is 1. The van der Waals surface area contributed by atoms with E-state index >= 15 is 0 Å². The Labute approximate surface area is 150 Å². The fraction of sp³-hybridized carbons (Fsp3) is 0.700. The quantitative estimate of drug-likeness (QED) is 0.903. The molecule has 4 nitrogen and oxygen atoms in total. The number of fused-ring (bicyclic) bond motifs is 2. The van der Waals surface area contributed by atoms with E-state index in [1.807, 2.05) is 0 Å². The number of hydrogen-bond donors (Lipinski definition) is 1. The molecular weight excluding hydrogens is 317 g/mol. The highest BCUT2D eigenvalue weighted by molar-refractivity contribution is 5.18. The molecule has 25 heavy (non-hydrogen) atoms. The fourth-order valence-electron chi connectivity index (χ4n) is 5.03. The average molecular weight is 347 g/mol. The normalized spacial score (nSPS) is 32.8. The van der Waals surface area contributed by atoms with Crippen LogP contribution in [0.15, 0.2) is 24.3 Å². The summed E-state index contributed by atoms with van der Waals surface area (Å²) in [6.45, 7) is 4.87. The third kappa shape index (κ3) is 3.75. The Kier molecular flexibility index (Phi) is 5.09. The molecule has 0 amide bonds. The van der Waals surface area contributed by atoms with E-state index in [2.05, 4.69) is 21.7 Å². The number of rotatable bonds is 4. The lowest BCUT2D eigenvalue weighted by molar-refractivity contribution is 0.0248. The van der Waals surface area contributed by atoms with Crippen molar-refractivity contribution >= 4 is 0 Å². The molecule has 3 atom stereocenters. The van der Waals surface area contributed by atoms with Crippen LogP contribution < -0.4 is 0 Å². The van der Waals surface area contributed by atoms with Gasteiger partial charge in [-0.3, -0.25) is 9.80 Å². The second-order valence-electron chi connectivity index (χ2n) is 8.08. The Morgan fingerprint density at radius 3 is 2.20 bits per heavy atom. The first-order valence-electron chi connectivity index (χ1n) is 9.72. The van der Waals surface area contributed by atoms with Crippen LogP contribution in [-0.2, 0) is 0 Å². The highest BCUT2D eigenvalue weighted by atomic mass is 19.1. The van der Waals surface area contributed by atoms with Crippen molar-refractivity contribution in [3.63, 3.8) is 0 Å². The smallest absolute Gasteiger partial charge is 0.123 e. The number of β-amino-alcohol motifs (C(OH)–C–C–N with tert-alkyl or cyclic N) is 1. The Balaban J connectivity index is 1.26. The molecule has 5 heteroatoms. The first kappa shape index (κ1) is 17.4. The van der Waals surface area contributed by atoms with Gasteiger partial charge in [-0.1, -0.05) is 12.1 Å². The molecule has 1 aromatic rings. The Morgan fingerprint density at radius 1 is 1.00 bits per heavy atom. The van der Waals surface area contributed by atoms with Gasteiger partial charge in [0.05, 0.1) is 6.10 Å². The summed E-state index contributed by atoms with van der Waals surface area (Å²) in [4.78, 5) is 7.62. The van der Waals surface area contributed by atoms with Gasteiger partial charge in [0.2, 0.25) is 0 Å². The molecule has 1 aromatic carbocycles. The van der Waals surface area contributed by atoms with E-state index in [4.69, 9.17) is 0 Å². The van der Waals surface area contributed by atoms with Gasteiger partial charge in [-0.2, -0.15) is 0 Å². The fourth-order valence-corrected chi connectivity index (χ4v) is 5.03. The molecule has 3 aliphatic heterocycles. The average Bonchev–Trinajstić information content (AvgIpc) is 2.84. The maximum absolute atomic E-state index is 13.0. The van der Waals surface area contributed by atoms with Crippen LogP contribution in [0.25, 0.3) is 0 Å². The van der Waals surface area contributed by atoms with E-state index in [1.165, 1.54) is 37.8 Å². The minimum absolute atomic E-state index is 0.253. The third-order valence-corrected chi connectivity index (χ3v) is 6.68. The Hall–Kier alpha value is -1.01. The van der Waals surface area contributed by atoms with Gasteiger partial charge in [-0.15, -0.1) is 0 Å². The summed E-state index contributed by atoms with van der Waals surface area (Å²) in [7, 11) is 2.30. The van der Waals surface area contributed by atoms with Gasteiger partial charge in [-0.25, -0.2) is 4.39 Å². The largest absolute Gasteiger partial charge is 0.387 e. The topological polar surface area (TPSA) is 30.0 Å². The molecule has 1 N–H and O–H groups in total. The van der Waals surface area contributed by atoms with Crippen molar-refractivity contribution in [1.82, 2.24) is 14.7 Å². The molecule has 3 aliphatic rings. The van der Waals surface area contributed by atoms with Crippen molar-refractivity contribution in [3.05, 3.63) is 35.6 Å². The van der Waals surface area contributed by atoms with Gasteiger partial charge < -0.3 is 10.0 Å². The molecule has 138 valence electrons. The van der Waals surface area contributed by atoms with Crippen LogP contribution >= 0.6 is 0 Å². The molecule has 3 unspecified atom stereocenters. The second-order valence-corrected chi connectivity index (χ2v) is 8.08. The minimum Gasteiger partial charge on any atom is -0.387 e. The summed E-state index contributed by atoms with van der Waals surface area (Å²) >= 11 is 0. The third-order valence-electron chi connectivity index (χ3n) is 6.68. The zero-order valence-electron chi connectivity index (χ0n) is 15.1. The van der Waals surface area contributed by atoms with Crippen LogP contribution in [0.2, 0.25) is 0 Å². The van der Waals surface area contributed by atoms with E-state index in [0.29, 0.717) is 6.54 Å². The summed E-state index contributed by atoms with van der Waals surface area (Å²) < 4.78 is 13.0. The molecule has 3 fully saturated rings. The van der Waals surface area contributed by atoms with Gasteiger partial charge >= 0.3 is 0 Å². The monoisotopic (exact) mass is 347 g/mol. The number of piperazine rings is 1. The number of benzene rings is 1. The molecule has 3 heterocycles. The van der Waals surface area contributed by atoms with Crippen molar-refractivity contribution < 1.29 is 9.50 Å². The molecule has 0 aromatic heterocycles. The molecular formula is C20H30FN3O. The van der Waals surface area contributed by atoms with Crippen molar-refractivity contribution in [2.75, 3.05) is 39.8 Å². The lowest BCUT2D eigenvalue weighted by Gasteiger charge is -2.45. The summed E-state index contributed by atoms with van der Waals surface area (Å²) in [6.07, 6.45) is 4.87. The number of aliphatic hydroxyl groups excluding tert-OH is 1. The van der Waals surface area contributed by atoms with E-state index in [9.17, 15) is 9.50 Å². The summed E-state index contributed by atoms with van der Waals surface area (Å²) in [6, 6.07) is 8.55. The summed E-state index contributed by atoms with van der Waals surface area (Å²) in [5.41, 5.74) is 0.802.